The summed E-state index contributed by atoms with van der Waals surface area (Å²) in [6.07, 6.45) is 8.51. The summed E-state index contributed by atoms with van der Waals surface area (Å²) in [5.41, 5.74) is 6.80. The van der Waals surface area contributed by atoms with Gasteiger partial charge in [-0.05, 0) is 81.5 Å². The molecule has 1 aromatic heterocycles. The Morgan fingerprint density at radius 2 is 1.65 bits per heavy atom. The number of piperazine rings is 1. The van der Waals surface area contributed by atoms with Crippen LogP contribution in [-0.4, -0.2) is 63.6 Å². The van der Waals surface area contributed by atoms with Gasteiger partial charge in [0.05, 0.1) is 16.8 Å². The zero-order valence-corrected chi connectivity index (χ0v) is 26.5. The highest BCUT2D eigenvalue weighted by Crippen LogP contribution is 2.45. The Labute approximate surface area is 268 Å². The Morgan fingerprint density at radius 3 is 2.33 bits per heavy atom. The lowest BCUT2D eigenvalue weighted by Gasteiger charge is -2.43. The van der Waals surface area contributed by atoms with Gasteiger partial charge in [0.1, 0.15) is 28.8 Å². The fraction of sp³-hybridized carbons (Fsp3) is 0.459. The van der Waals surface area contributed by atoms with Gasteiger partial charge >= 0.3 is 0 Å². The van der Waals surface area contributed by atoms with Crippen LogP contribution in [0, 0.1) is 17.5 Å². The predicted octanol–water partition coefficient (Wildman–Crippen LogP) is 7.07. The Balaban J connectivity index is 1.32. The van der Waals surface area contributed by atoms with E-state index in [0.717, 1.165) is 45.2 Å². The van der Waals surface area contributed by atoms with E-state index >= 15 is 13.2 Å². The van der Waals surface area contributed by atoms with Gasteiger partial charge in [0, 0.05) is 48.1 Å². The molecule has 2 N–H and O–H groups in total. The van der Waals surface area contributed by atoms with Crippen LogP contribution in [0.3, 0.4) is 0 Å². The zero-order valence-electron chi connectivity index (χ0n) is 26.5. The molecule has 4 aliphatic heterocycles. The van der Waals surface area contributed by atoms with E-state index in [4.69, 9.17) is 15.7 Å². The minimum atomic E-state index is -0.760. The van der Waals surface area contributed by atoms with Crippen molar-refractivity contribution in [1.29, 1.82) is 0 Å². The van der Waals surface area contributed by atoms with Gasteiger partial charge in [-0.15, -0.1) is 0 Å². The van der Waals surface area contributed by atoms with Gasteiger partial charge in [-0.1, -0.05) is 43.8 Å². The summed E-state index contributed by atoms with van der Waals surface area (Å²) in [4.78, 5) is 17.1. The maximum Gasteiger partial charge on any atom is 0.160 e. The van der Waals surface area contributed by atoms with Gasteiger partial charge in [-0.3, -0.25) is 4.90 Å². The monoisotopic (exact) mass is 626 g/mol. The van der Waals surface area contributed by atoms with Crippen LogP contribution < -0.4 is 10.6 Å². The van der Waals surface area contributed by atoms with E-state index in [1.54, 1.807) is 30.3 Å². The molecule has 4 aliphatic rings. The van der Waals surface area contributed by atoms with E-state index in [0.29, 0.717) is 59.7 Å². The van der Waals surface area contributed by atoms with E-state index in [1.165, 1.54) is 18.9 Å². The maximum atomic E-state index is 17.1. The molecule has 9 heteroatoms. The molecule has 4 fully saturated rings. The molecular weight excluding hydrogens is 585 g/mol. The summed E-state index contributed by atoms with van der Waals surface area (Å²) in [5.74, 6) is -0.211. The van der Waals surface area contributed by atoms with Gasteiger partial charge in [-0.2, -0.15) is 0 Å². The van der Waals surface area contributed by atoms with Crippen molar-refractivity contribution in [3.63, 3.8) is 0 Å². The van der Waals surface area contributed by atoms with Gasteiger partial charge in [-0.25, -0.2) is 23.1 Å². The smallest absolute Gasteiger partial charge is 0.160 e. The van der Waals surface area contributed by atoms with E-state index in [9.17, 15) is 0 Å². The minimum absolute atomic E-state index is 0.117. The van der Waals surface area contributed by atoms with Crippen LogP contribution in [0.15, 0.2) is 48.8 Å². The molecule has 0 aliphatic carbocycles. The largest absolute Gasteiger partial charge is 0.386 e. The minimum Gasteiger partial charge on any atom is -0.386 e. The molecule has 6 nitrogen and oxygen atoms in total. The number of halogens is 3. The lowest BCUT2D eigenvalue weighted by Crippen LogP contribution is -2.54. The van der Waals surface area contributed by atoms with Crippen molar-refractivity contribution in [2.45, 2.75) is 82.3 Å². The Morgan fingerprint density at radius 1 is 0.957 bits per heavy atom. The van der Waals surface area contributed by atoms with Gasteiger partial charge in [0.2, 0.25) is 0 Å². The lowest BCUT2D eigenvalue weighted by molar-refractivity contribution is 0.181. The van der Waals surface area contributed by atoms with Crippen molar-refractivity contribution in [3.05, 3.63) is 77.6 Å². The van der Waals surface area contributed by atoms with Gasteiger partial charge in [0.15, 0.2) is 5.82 Å². The first kappa shape index (κ1) is 29.5. The molecule has 2 unspecified atom stereocenters. The molecule has 2 atom stereocenters. The Kier molecular flexibility index (Phi) is 7.16. The molecule has 3 aromatic carbocycles. The molecule has 4 saturated heterocycles. The molecule has 2 bridgehead atoms. The van der Waals surface area contributed by atoms with Crippen molar-refractivity contribution in [2.24, 2.45) is 5.73 Å². The molecular formula is C37H41F3N6. The first-order valence-corrected chi connectivity index (χ1v) is 16.9. The first-order chi connectivity index (χ1) is 22.3. The van der Waals surface area contributed by atoms with Crippen LogP contribution in [0.4, 0.5) is 19.0 Å². The van der Waals surface area contributed by atoms with Crippen LogP contribution in [0.5, 0.6) is 0 Å². The number of nitrogens with zero attached hydrogens (tertiary/aromatic N) is 5. The number of rotatable bonds is 7. The van der Waals surface area contributed by atoms with E-state index in [1.807, 2.05) is 6.92 Å². The Hall–Kier alpha value is -3.85. The van der Waals surface area contributed by atoms with Gasteiger partial charge in [0.25, 0.3) is 0 Å². The average molecular weight is 627 g/mol. The number of aryl methyl sites for hydroxylation is 2. The summed E-state index contributed by atoms with van der Waals surface area (Å²) in [6.45, 7) is 9.41. The van der Waals surface area contributed by atoms with E-state index in [2.05, 4.69) is 21.3 Å². The highest BCUT2D eigenvalue weighted by molar-refractivity contribution is 6.02. The standard InChI is InChI=1S/C37H41F3N6/c1-3-26-32-35(34(40)31(33(26)39)27-10-4-8-23-9-5-11-28(38)30(23)27)42-29(14-17-37-15-6-18-45(37)19-7-16-37)43-36(32)44-20-24-12-13-25(21-44)46(24)22(2)41/h4-5,8-11,24-25H,2-3,6-7,12-21,41H2,1H3. The third kappa shape index (κ3) is 4.48. The van der Waals surface area contributed by atoms with Crippen molar-refractivity contribution < 1.29 is 13.2 Å². The average Bonchev–Trinajstić information content (AvgIpc) is 3.71. The van der Waals surface area contributed by atoms with Crippen molar-refractivity contribution in [1.82, 2.24) is 19.8 Å². The van der Waals surface area contributed by atoms with Crippen LogP contribution in [0.1, 0.15) is 63.3 Å². The van der Waals surface area contributed by atoms with Crippen LogP contribution in [0.25, 0.3) is 32.8 Å². The topological polar surface area (TPSA) is 61.5 Å². The summed E-state index contributed by atoms with van der Waals surface area (Å²) in [5, 5.41) is 1.21. The SMILES string of the molecule is C=C(N)N1C2CCC1CN(c1nc(CCC34CCCN3CCC4)nc3c(F)c(-c4cccc5cccc(F)c45)c(F)c(CC)c13)C2. The third-order valence-electron chi connectivity index (χ3n) is 11.4. The molecule has 0 radical (unpaired) electrons. The zero-order chi connectivity index (χ0) is 31.7. The first-order valence-electron chi connectivity index (χ1n) is 16.9. The van der Waals surface area contributed by atoms with Crippen LogP contribution in [0.2, 0.25) is 0 Å². The molecule has 240 valence electrons. The molecule has 0 amide bonds. The number of hydrogen-bond donors (Lipinski definition) is 1. The normalized spacial score (nSPS) is 22.3. The van der Waals surface area contributed by atoms with Crippen molar-refractivity contribution in [3.8, 4) is 11.1 Å². The summed E-state index contributed by atoms with van der Waals surface area (Å²) < 4.78 is 49.2. The number of benzene rings is 3. The number of nitrogens with two attached hydrogens (primary N) is 1. The second-order valence-electron chi connectivity index (χ2n) is 13.8. The molecule has 46 heavy (non-hydrogen) atoms. The molecule has 0 saturated carbocycles. The van der Waals surface area contributed by atoms with Crippen LogP contribution >= 0.6 is 0 Å². The Bertz CT molecular complexity index is 1840. The van der Waals surface area contributed by atoms with Crippen molar-refractivity contribution >= 4 is 27.5 Å². The quantitative estimate of drug-likeness (QED) is 0.237. The van der Waals surface area contributed by atoms with Gasteiger partial charge < -0.3 is 15.5 Å². The number of hydrogen-bond acceptors (Lipinski definition) is 6. The van der Waals surface area contributed by atoms with Crippen LogP contribution in [-0.2, 0) is 12.8 Å². The second-order valence-corrected chi connectivity index (χ2v) is 13.8. The molecule has 5 heterocycles. The predicted molar refractivity (Wildman–Crippen MR) is 177 cm³/mol. The highest BCUT2D eigenvalue weighted by atomic mass is 19.1. The molecule has 0 spiro atoms. The highest BCUT2D eigenvalue weighted by Gasteiger charge is 2.44. The summed E-state index contributed by atoms with van der Waals surface area (Å²) in [6, 6.07) is 10.1. The third-order valence-corrected chi connectivity index (χ3v) is 11.4. The van der Waals surface area contributed by atoms with E-state index < -0.39 is 17.5 Å². The second kappa shape index (κ2) is 11.1. The number of fused-ring (bicyclic) bond motifs is 5. The van der Waals surface area contributed by atoms with Crippen molar-refractivity contribution in [2.75, 3.05) is 31.1 Å². The molecule has 4 aromatic rings. The fourth-order valence-corrected chi connectivity index (χ4v) is 9.34. The number of aromatic nitrogens is 2. The lowest BCUT2D eigenvalue weighted by atomic mass is 9.88. The summed E-state index contributed by atoms with van der Waals surface area (Å²) in [7, 11) is 0. The van der Waals surface area contributed by atoms with E-state index in [-0.39, 0.29) is 39.7 Å². The number of anilines is 1. The molecule has 8 rings (SSSR count). The maximum absolute atomic E-state index is 17.1. The summed E-state index contributed by atoms with van der Waals surface area (Å²) >= 11 is 0. The fourth-order valence-electron chi connectivity index (χ4n) is 9.34.